The molecule has 1 amide bonds. The van der Waals surface area contributed by atoms with Crippen molar-refractivity contribution in [2.24, 2.45) is 0 Å². The van der Waals surface area contributed by atoms with Crippen LogP contribution in [0.1, 0.15) is 24.6 Å². The van der Waals surface area contributed by atoms with Crippen molar-refractivity contribution in [1.82, 2.24) is 24.4 Å². The topological polar surface area (TPSA) is 125 Å². The van der Waals surface area contributed by atoms with Crippen LogP contribution >= 0.6 is 0 Å². The third kappa shape index (κ3) is 4.44. The second-order valence-electron chi connectivity index (χ2n) is 9.31. The molecule has 0 radical (unpaired) electrons. The molecule has 0 bridgehead atoms. The molecule has 0 saturated carbocycles. The highest BCUT2D eigenvalue weighted by atomic mass is 19.3. The van der Waals surface area contributed by atoms with Crippen LogP contribution in [0.25, 0.3) is 28.0 Å². The summed E-state index contributed by atoms with van der Waals surface area (Å²) in [5.41, 5.74) is -3.47. The summed E-state index contributed by atoms with van der Waals surface area (Å²) in [6, 6.07) is 5.13. The zero-order valence-electron chi connectivity index (χ0n) is 21.1. The number of carboxylic acid groups (broad SMARTS) is 1. The lowest BCUT2D eigenvalue weighted by atomic mass is 10.1. The number of aryl methyl sites for hydroxylation is 1. The van der Waals surface area contributed by atoms with Gasteiger partial charge in [0.15, 0.2) is 11.5 Å². The van der Waals surface area contributed by atoms with Crippen LogP contribution in [-0.2, 0) is 0 Å². The fourth-order valence-corrected chi connectivity index (χ4v) is 4.92. The van der Waals surface area contributed by atoms with Gasteiger partial charge in [0.05, 0.1) is 16.6 Å². The van der Waals surface area contributed by atoms with Crippen LogP contribution < -0.4 is 10.6 Å². The van der Waals surface area contributed by atoms with Gasteiger partial charge >= 0.3 is 11.8 Å². The maximum atomic E-state index is 15.6. The summed E-state index contributed by atoms with van der Waals surface area (Å²) in [7, 11) is 0. The summed E-state index contributed by atoms with van der Waals surface area (Å²) in [5, 5.41) is 19.6. The van der Waals surface area contributed by atoms with Crippen molar-refractivity contribution >= 4 is 22.9 Å². The first kappa shape index (κ1) is 26.8. The molecule has 1 aliphatic rings. The molecule has 0 spiro atoms. The lowest BCUT2D eigenvalue weighted by Crippen LogP contribution is -2.54. The molecule has 4 heterocycles. The number of aromatic nitrogens is 4. The van der Waals surface area contributed by atoms with E-state index in [0.29, 0.717) is 0 Å². The summed E-state index contributed by atoms with van der Waals surface area (Å²) in [5.74, 6) is -2.75. The van der Waals surface area contributed by atoms with Gasteiger partial charge in [-0.3, -0.25) is 4.98 Å². The summed E-state index contributed by atoms with van der Waals surface area (Å²) in [4.78, 5) is 39.8. The third-order valence-corrected chi connectivity index (χ3v) is 6.78. The number of anilines is 1. The van der Waals surface area contributed by atoms with E-state index >= 15 is 4.39 Å². The van der Waals surface area contributed by atoms with E-state index < -0.39 is 58.6 Å². The maximum absolute atomic E-state index is 15.6. The molecule has 1 aliphatic heterocycles. The molecular weight excluding hydrogens is 536 g/mol. The van der Waals surface area contributed by atoms with Gasteiger partial charge in [-0.05, 0) is 43.7 Å². The highest BCUT2D eigenvalue weighted by Crippen LogP contribution is 2.37. The minimum absolute atomic E-state index is 0.0513. The van der Waals surface area contributed by atoms with Gasteiger partial charge in [-0.1, -0.05) is 6.07 Å². The lowest BCUT2D eigenvalue weighted by Gasteiger charge is -2.39. The first-order chi connectivity index (χ1) is 19.0. The van der Waals surface area contributed by atoms with Crippen LogP contribution in [0.4, 0.5) is 28.2 Å². The minimum Gasteiger partial charge on any atom is -0.507 e. The van der Waals surface area contributed by atoms with Crippen LogP contribution in [0.5, 0.6) is 5.75 Å². The average molecular weight is 558 g/mol. The average Bonchev–Trinajstić information content (AvgIpc) is 2.89. The molecule has 10 nitrogen and oxygen atoms in total. The van der Waals surface area contributed by atoms with E-state index in [1.54, 1.807) is 11.8 Å². The molecule has 1 saturated heterocycles. The first-order valence-electron chi connectivity index (χ1n) is 12.1. The van der Waals surface area contributed by atoms with E-state index in [-0.39, 0.29) is 47.7 Å². The van der Waals surface area contributed by atoms with Crippen LogP contribution in [-0.4, -0.2) is 66.4 Å². The number of carbonyl (C=O) groups is 1. The summed E-state index contributed by atoms with van der Waals surface area (Å²) in [6.07, 6.45) is -3.08. The summed E-state index contributed by atoms with van der Waals surface area (Å²) < 4.78 is 59.2. The largest absolute Gasteiger partial charge is 0.507 e. The van der Waals surface area contributed by atoms with E-state index in [4.69, 9.17) is 0 Å². The van der Waals surface area contributed by atoms with Crippen molar-refractivity contribution in [3.8, 4) is 22.7 Å². The Bertz CT molecular complexity index is 1690. The number of amides is 1. The number of nitrogens with zero attached hydrogens (tertiary/aromatic N) is 6. The van der Waals surface area contributed by atoms with Crippen molar-refractivity contribution < 1.29 is 32.6 Å². The molecule has 3 aromatic heterocycles. The maximum Gasteiger partial charge on any atom is 0.407 e. The molecule has 208 valence electrons. The number of alkyl halides is 2. The van der Waals surface area contributed by atoms with Gasteiger partial charge in [0.25, 0.3) is 6.43 Å². The number of hydrogen-bond acceptors (Lipinski definition) is 7. The summed E-state index contributed by atoms with van der Waals surface area (Å²) >= 11 is 0. The summed E-state index contributed by atoms with van der Waals surface area (Å²) in [6.45, 7) is 3.35. The van der Waals surface area contributed by atoms with Crippen LogP contribution in [0.15, 0.2) is 41.3 Å². The van der Waals surface area contributed by atoms with Crippen molar-refractivity contribution in [2.75, 3.05) is 24.5 Å². The van der Waals surface area contributed by atoms with E-state index in [2.05, 4.69) is 15.0 Å². The molecule has 1 fully saturated rings. The van der Waals surface area contributed by atoms with Gasteiger partial charge in [0.2, 0.25) is 0 Å². The molecule has 1 aromatic carbocycles. The number of halogens is 4. The number of rotatable bonds is 4. The predicted molar refractivity (Wildman–Crippen MR) is 136 cm³/mol. The smallest absolute Gasteiger partial charge is 0.407 e. The van der Waals surface area contributed by atoms with Gasteiger partial charge < -0.3 is 20.0 Å². The lowest BCUT2D eigenvalue weighted by molar-refractivity contribution is 0.136. The Morgan fingerprint density at radius 3 is 2.52 bits per heavy atom. The minimum atomic E-state index is -3.10. The molecule has 0 unspecified atom stereocenters. The van der Waals surface area contributed by atoms with Gasteiger partial charge in [-0.2, -0.15) is 4.98 Å². The monoisotopic (exact) mass is 558 g/mol. The quantitative estimate of drug-likeness (QED) is 0.356. The second-order valence-corrected chi connectivity index (χ2v) is 9.31. The number of aromatic hydroxyl groups is 1. The Morgan fingerprint density at radius 2 is 1.88 bits per heavy atom. The molecule has 0 aliphatic carbocycles. The van der Waals surface area contributed by atoms with Gasteiger partial charge in [0.1, 0.15) is 28.8 Å². The Kier molecular flexibility index (Phi) is 6.77. The Hall–Kier alpha value is -4.75. The van der Waals surface area contributed by atoms with Crippen molar-refractivity contribution in [2.45, 2.75) is 26.3 Å². The molecule has 14 heteroatoms. The molecule has 5 rings (SSSR count). The number of piperazine rings is 1. The fraction of sp³-hybridized carbons (Fsp3) is 0.269. The Balaban J connectivity index is 1.86. The zero-order chi connectivity index (χ0) is 28.9. The van der Waals surface area contributed by atoms with Crippen LogP contribution in [0.2, 0.25) is 0 Å². The van der Waals surface area contributed by atoms with Gasteiger partial charge in [-0.25, -0.2) is 36.7 Å². The molecular formula is C26H22F4N6O4. The predicted octanol–water partition coefficient (Wildman–Crippen LogP) is 4.26. The van der Waals surface area contributed by atoms with E-state index in [1.165, 1.54) is 24.0 Å². The number of phenolic OH excluding ortho intramolecular Hbond substituents is 1. The Labute approximate surface area is 223 Å². The normalized spacial score (nSPS) is 15.7. The van der Waals surface area contributed by atoms with Gasteiger partial charge in [0, 0.05) is 31.9 Å². The van der Waals surface area contributed by atoms with Crippen LogP contribution in [0, 0.1) is 18.6 Å². The van der Waals surface area contributed by atoms with E-state index in [9.17, 15) is 33.0 Å². The molecule has 1 atom stereocenters. The molecule has 4 aromatic rings. The fourth-order valence-electron chi connectivity index (χ4n) is 4.92. The standard InChI is InChI=1S/C26H22F4N6O4/c1-12-6-7-31-20(22(29)30)21(12)36-24-14(10-16(28)19(32-24)18-15(27)4-3-5-17(18)37)23(33-25(36)38)35-9-8-34(26(39)40)11-13(35)2/h3-7,10,13,22,37H,8-9,11H2,1-2H3,(H,39,40)/t13-/m0/s1. The number of benzene rings is 1. The second kappa shape index (κ2) is 10.1. The number of fused-ring (bicyclic) bond motifs is 1. The van der Waals surface area contributed by atoms with E-state index in [0.717, 1.165) is 29.0 Å². The van der Waals surface area contributed by atoms with Crippen molar-refractivity contribution in [3.05, 3.63) is 69.9 Å². The molecule has 2 N–H and O–H groups in total. The first-order valence-corrected chi connectivity index (χ1v) is 12.1. The third-order valence-electron chi connectivity index (χ3n) is 6.78. The highest BCUT2D eigenvalue weighted by molar-refractivity contribution is 5.91. The molecule has 40 heavy (non-hydrogen) atoms. The highest BCUT2D eigenvalue weighted by Gasteiger charge is 2.31. The SMILES string of the molecule is Cc1ccnc(C(F)F)c1-n1c(=O)nc(N2CCN(C(=O)O)C[C@@H]2C)c2cc(F)c(-c3c(O)cccc3F)nc21. The Morgan fingerprint density at radius 1 is 1.12 bits per heavy atom. The van der Waals surface area contributed by atoms with Gasteiger partial charge in [-0.15, -0.1) is 0 Å². The zero-order valence-corrected chi connectivity index (χ0v) is 21.1. The number of phenols is 1. The number of hydrogen-bond donors (Lipinski definition) is 2. The van der Waals surface area contributed by atoms with E-state index in [1.807, 2.05) is 0 Å². The number of pyridine rings is 2. The van der Waals surface area contributed by atoms with Crippen molar-refractivity contribution in [3.63, 3.8) is 0 Å². The van der Waals surface area contributed by atoms with Crippen molar-refractivity contribution in [1.29, 1.82) is 0 Å². The van der Waals surface area contributed by atoms with Crippen LogP contribution in [0.3, 0.4) is 0 Å².